The summed E-state index contributed by atoms with van der Waals surface area (Å²) in [6.07, 6.45) is 0.556. The number of thiophene rings is 1. The highest BCUT2D eigenvalue weighted by molar-refractivity contribution is 7.11. The Hall–Kier alpha value is -2.93. The first-order valence-electron chi connectivity index (χ1n) is 7.50. The first-order chi connectivity index (χ1) is 11.9. The molecule has 6 nitrogen and oxygen atoms in total. The minimum absolute atomic E-state index is 0.333. The number of urea groups is 1. The first-order valence-corrected chi connectivity index (χ1v) is 8.38. The Bertz CT molecular complexity index is 812. The molecule has 3 N–H and O–H groups in total. The van der Waals surface area contributed by atoms with Crippen LogP contribution in [0.15, 0.2) is 41.8 Å². The van der Waals surface area contributed by atoms with Gasteiger partial charge in [-0.2, -0.15) is 0 Å². The van der Waals surface area contributed by atoms with Gasteiger partial charge in [0.05, 0.1) is 5.57 Å². The van der Waals surface area contributed by atoms with Gasteiger partial charge < -0.3 is 10.5 Å². The largest absolute Gasteiger partial charge is 0.449 e. The molecule has 1 heterocycles. The van der Waals surface area contributed by atoms with Crippen LogP contribution in [0.5, 0.6) is 0 Å². The van der Waals surface area contributed by atoms with Gasteiger partial charge >= 0.3 is 12.0 Å². The van der Waals surface area contributed by atoms with E-state index >= 15 is 0 Å². The molecule has 2 aromatic rings. The molecule has 0 aliphatic heterocycles. The van der Waals surface area contributed by atoms with Gasteiger partial charge in [0.2, 0.25) is 0 Å². The van der Waals surface area contributed by atoms with Crippen molar-refractivity contribution in [1.82, 2.24) is 5.32 Å². The van der Waals surface area contributed by atoms with Gasteiger partial charge in [-0.15, -0.1) is 11.3 Å². The summed E-state index contributed by atoms with van der Waals surface area (Å²) >= 11 is 1.39. The number of nitrogens with one attached hydrogen (secondary N) is 1. The van der Waals surface area contributed by atoms with E-state index in [4.69, 9.17) is 10.5 Å². The SMILES string of the molecule is Cc1cccc(/C=C(/C(=O)O[C@H](C)C(=O)NC(N)=O)c2cccs2)c1. The molecular weight excluding hydrogens is 340 g/mol. The lowest BCUT2D eigenvalue weighted by Crippen LogP contribution is -2.42. The first kappa shape index (κ1) is 18.4. The van der Waals surface area contributed by atoms with E-state index in [0.717, 1.165) is 11.1 Å². The predicted molar refractivity (Wildman–Crippen MR) is 96.6 cm³/mol. The fourth-order valence-corrected chi connectivity index (χ4v) is 2.82. The molecule has 0 saturated carbocycles. The summed E-state index contributed by atoms with van der Waals surface area (Å²) in [5.41, 5.74) is 7.13. The zero-order valence-electron chi connectivity index (χ0n) is 13.8. The zero-order valence-corrected chi connectivity index (χ0v) is 14.6. The van der Waals surface area contributed by atoms with Gasteiger partial charge in [-0.1, -0.05) is 35.9 Å². The maximum atomic E-state index is 12.6. The van der Waals surface area contributed by atoms with Crippen molar-refractivity contribution >= 4 is 40.9 Å². The third-order valence-electron chi connectivity index (χ3n) is 3.26. The number of imide groups is 1. The molecule has 1 aromatic heterocycles. The van der Waals surface area contributed by atoms with Crippen LogP contribution in [-0.2, 0) is 14.3 Å². The molecule has 0 aliphatic carbocycles. The third-order valence-corrected chi connectivity index (χ3v) is 4.16. The molecule has 1 aromatic carbocycles. The van der Waals surface area contributed by atoms with Gasteiger partial charge in [0, 0.05) is 4.88 Å². The number of benzene rings is 1. The summed E-state index contributed by atoms with van der Waals surface area (Å²) in [5, 5.41) is 3.73. The van der Waals surface area contributed by atoms with E-state index in [1.807, 2.05) is 48.0 Å². The van der Waals surface area contributed by atoms with Gasteiger partial charge in [-0.3, -0.25) is 10.1 Å². The monoisotopic (exact) mass is 358 g/mol. The second-order valence-electron chi connectivity index (χ2n) is 5.35. The topological polar surface area (TPSA) is 98.5 Å². The summed E-state index contributed by atoms with van der Waals surface area (Å²) in [5.74, 6) is -1.43. The lowest BCUT2D eigenvalue weighted by molar-refractivity contribution is -0.148. The molecule has 1 atom stereocenters. The number of nitrogens with two attached hydrogens (primary N) is 1. The van der Waals surface area contributed by atoms with Crippen molar-refractivity contribution in [3.8, 4) is 0 Å². The second-order valence-corrected chi connectivity index (χ2v) is 6.30. The number of hydrogen-bond donors (Lipinski definition) is 2. The molecule has 130 valence electrons. The number of carbonyl (C=O) groups is 3. The number of rotatable bonds is 5. The van der Waals surface area contributed by atoms with E-state index in [-0.39, 0.29) is 0 Å². The molecule has 7 heteroatoms. The lowest BCUT2D eigenvalue weighted by Gasteiger charge is -2.13. The third kappa shape index (κ3) is 5.29. The van der Waals surface area contributed by atoms with Crippen LogP contribution in [0, 0.1) is 6.92 Å². The molecular formula is C18H18N2O4S. The Morgan fingerprint density at radius 3 is 2.60 bits per heavy atom. The number of aryl methyl sites for hydroxylation is 1. The van der Waals surface area contributed by atoms with Gasteiger partial charge in [-0.05, 0) is 36.9 Å². The number of hydrogen-bond acceptors (Lipinski definition) is 5. The quantitative estimate of drug-likeness (QED) is 0.634. The standard InChI is InChI=1S/C18H18N2O4S/c1-11-5-3-6-13(9-11)10-14(15-7-4-8-25-15)17(22)24-12(2)16(21)20-18(19)23/h3-10,12H,1-2H3,(H3,19,20,21,23)/b14-10+/t12-/m1/s1. The number of ether oxygens (including phenoxy) is 1. The van der Waals surface area contributed by atoms with Gasteiger partial charge in [0.25, 0.3) is 5.91 Å². The van der Waals surface area contributed by atoms with Crippen molar-refractivity contribution in [1.29, 1.82) is 0 Å². The van der Waals surface area contributed by atoms with Crippen molar-refractivity contribution in [3.05, 3.63) is 57.8 Å². The maximum absolute atomic E-state index is 12.6. The summed E-state index contributed by atoms with van der Waals surface area (Å²) in [6.45, 7) is 3.32. The van der Waals surface area contributed by atoms with Crippen molar-refractivity contribution in [2.45, 2.75) is 20.0 Å². The number of esters is 1. The van der Waals surface area contributed by atoms with Gasteiger partial charge in [-0.25, -0.2) is 9.59 Å². The minimum Gasteiger partial charge on any atom is -0.449 e. The van der Waals surface area contributed by atoms with E-state index in [1.54, 1.807) is 12.1 Å². The van der Waals surface area contributed by atoms with Gasteiger partial charge in [0.1, 0.15) is 0 Å². The van der Waals surface area contributed by atoms with Crippen LogP contribution < -0.4 is 11.1 Å². The molecule has 0 aliphatic rings. The molecule has 0 spiro atoms. The van der Waals surface area contributed by atoms with Gasteiger partial charge in [0.15, 0.2) is 6.10 Å². The molecule has 0 saturated heterocycles. The molecule has 3 amide bonds. The zero-order chi connectivity index (χ0) is 18.4. The normalized spacial score (nSPS) is 12.3. The highest BCUT2D eigenvalue weighted by atomic mass is 32.1. The highest BCUT2D eigenvalue weighted by Gasteiger charge is 2.22. The Morgan fingerprint density at radius 2 is 2.00 bits per heavy atom. The summed E-state index contributed by atoms with van der Waals surface area (Å²) in [6, 6.07) is 10.3. The summed E-state index contributed by atoms with van der Waals surface area (Å²) in [7, 11) is 0. The number of carbonyl (C=O) groups excluding carboxylic acids is 3. The second kappa shape index (κ2) is 8.25. The molecule has 0 radical (unpaired) electrons. The minimum atomic E-state index is -1.15. The Kier molecular flexibility index (Phi) is 6.08. The predicted octanol–water partition coefficient (Wildman–Crippen LogP) is 2.72. The Labute approximate surface area is 149 Å². The highest BCUT2D eigenvalue weighted by Crippen LogP contribution is 2.25. The smallest absolute Gasteiger partial charge is 0.340 e. The van der Waals surface area contributed by atoms with Crippen LogP contribution in [-0.4, -0.2) is 24.0 Å². The van der Waals surface area contributed by atoms with E-state index in [0.29, 0.717) is 10.5 Å². The fourth-order valence-electron chi connectivity index (χ4n) is 2.09. The fraction of sp³-hybridized carbons (Fsp3) is 0.167. The molecule has 0 unspecified atom stereocenters. The number of primary amides is 1. The van der Waals surface area contributed by atoms with Crippen LogP contribution in [0.2, 0.25) is 0 Å². The summed E-state index contributed by atoms with van der Waals surface area (Å²) in [4.78, 5) is 35.7. The molecule has 25 heavy (non-hydrogen) atoms. The van der Waals surface area contributed by atoms with Crippen molar-refractivity contribution < 1.29 is 19.1 Å². The van der Waals surface area contributed by atoms with Crippen molar-refractivity contribution in [2.75, 3.05) is 0 Å². The van der Waals surface area contributed by atoms with E-state index < -0.39 is 24.0 Å². The molecule has 0 bridgehead atoms. The van der Waals surface area contributed by atoms with E-state index in [2.05, 4.69) is 0 Å². The summed E-state index contributed by atoms with van der Waals surface area (Å²) < 4.78 is 5.18. The van der Waals surface area contributed by atoms with Crippen LogP contribution in [0.3, 0.4) is 0 Å². The van der Waals surface area contributed by atoms with E-state index in [1.165, 1.54) is 18.3 Å². The van der Waals surface area contributed by atoms with Crippen LogP contribution in [0.25, 0.3) is 11.6 Å². The maximum Gasteiger partial charge on any atom is 0.340 e. The van der Waals surface area contributed by atoms with Crippen LogP contribution >= 0.6 is 11.3 Å². The van der Waals surface area contributed by atoms with Crippen molar-refractivity contribution in [2.24, 2.45) is 5.73 Å². The lowest BCUT2D eigenvalue weighted by atomic mass is 10.1. The van der Waals surface area contributed by atoms with Crippen molar-refractivity contribution in [3.63, 3.8) is 0 Å². The molecule has 0 fully saturated rings. The van der Waals surface area contributed by atoms with Crippen LogP contribution in [0.4, 0.5) is 4.79 Å². The van der Waals surface area contributed by atoms with Crippen LogP contribution in [0.1, 0.15) is 22.9 Å². The average Bonchev–Trinajstić information content (AvgIpc) is 3.05. The molecule has 2 rings (SSSR count). The Morgan fingerprint density at radius 1 is 1.24 bits per heavy atom. The Balaban J connectivity index is 2.26. The number of amides is 3. The average molecular weight is 358 g/mol. The van der Waals surface area contributed by atoms with E-state index in [9.17, 15) is 14.4 Å².